The molecule has 0 spiro atoms. The van der Waals surface area contributed by atoms with Gasteiger partial charge in [0.2, 0.25) is 0 Å². The van der Waals surface area contributed by atoms with Crippen molar-refractivity contribution >= 4 is 17.3 Å². The summed E-state index contributed by atoms with van der Waals surface area (Å²) in [6.45, 7) is 2.01. The number of hydrogen-bond donors (Lipinski definition) is 1. The van der Waals surface area contributed by atoms with Crippen LogP contribution in [0.2, 0.25) is 5.15 Å². The lowest BCUT2D eigenvalue weighted by Crippen LogP contribution is -2.08. The van der Waals surface area contributed by atoms with Crippen molar-refractivity contribution < 1.29 is 4.74 Å². The monoisotopic (exact) mass is 288 g/mol. The summed E-state index contributed by atoms with van der Waals surface area (Å²) in [6.07, 6.45) is 3.92. The van der Waals surface area contributed by atoms with Crippen molar-refractivity contribution in [3.05, 3.63) is 52.3 Å². The number of anilines is 1. The number of hydrogen-bond acceptors (Lipinski definition) is 3. The van der Waals surface area contributed by atoms with Crippen LogP contribution in [0.25, 0.3) is 0 Å². The van der Waals surface area contributed by atoms with E-state index in [9.17, 15) is 0 Å². The summed E-state index contributed by atoms with van der Waals surface area (Å²) < 4.78 is 5.31. The van der Waals surface area contributed by atoms with E-state index in [1.54, 1.807) is 13.3 Å². The first-order valence-corrected chi connectivity index (χ1v) is 7.10. The largest absolute Gasteiger partial charge is 0.497 e. The first-order chi connectivity index (χ1) is 9.67. The maximum atomic E-state index is 6.16. The summed E-state index contributed by atoms with van der Waals surface area (Å²) in [6, 6.07) is 8.57. The Morgan fingerprint density at radius 2 is 2.20 bits per heavy atom. The van der Waals surface area contributed by atoms with Gasteiger partial charge in [-0.1, -0.05) is 17.7 Å². The first kappa shape index (κ1) is 13.3. The van der Waals surface area contributed by atoms with Crippen LogP contribution in [0.4, 0.5) is 5.69 Å². The molecule has 1 aromatic heterocycles. The normalized spacial score (nSPS) is 16.9. The molecular weight excluding hydrogens is 272 g/mol. The summed E-state index contributed by atoms with van der Waals surface area (Å²) in [5.41, 5.74) is 4.66. The van der Waals surface area contributed by atoms with Gasteiger partial charge in [0.05, 0.1) is 18.8 Å². The minimum absolute atomic E-state index is 0.265. The second kappa shape index (κ2) is 5.33. The summed E-state index contributed by atoms with van der Waals surface area (Å²) in [7, 11) is 1.69. The van der Waals surface area contributed by atoms with Crippen molar-refractivity contribution in [3.8, 4) is 5.75 Å². The molecule has 1 heterocycles. The zero-order valence-electron chi connectivity index (χ0n) is 11.6. The van der Waals surface area contributed by atoms with Crippen molar-refractivity contribution in [2.45, 2.75) is 25.8 Å². The van der Waals surface area contributed by atoms with Gasteiger partial charge in [-0.25, -0.2) is 4.98 Å². The van der Waals surface area contributed by atoms with Gasteiger partial charge in [0.15, 0.2) is 5.15 Å². The molecule has 3 nitrogen and oxygen atoms in total. The van der Waals surface area contributed by atoms with Gasteiger partial charge in [-0.2, -0.15) is 0 Å². The van der Waals surface area contributed by atoms with Crippen LogP contribution in [0.3, 0.4) is 0 Å². The van der Waals surface area contributed by atoms with E-state index in [2.05, 4.69) is 22.4 Å². The molecule has 104 valence electrons. The quantitative estimate of drug-likeness (QED) is 0.862. The fourth-order valence-corrected chi connectivity index (χ4v) is 2.86. The lowest BCUT2D eigenvalue weighted by molar-refractivity contribution is 0.414. The second-order valence-corrected chi connectivity index (χ2v) is 5.51. The van der Waals surface area contributed by atoms with E-state index in [0.717, 1.165) is 29.8 Å². The molecule has 0 radical (unpaired) electrons. The maximum absolute atomic E-state index is 6.16. The van der Waals surface area contributed by atoms with Crippen molar-refractivity contribution in [2.24, 2.45) is 0 Å². The van der Waals surface area contributed by atoms with Crippen LogP contribution in [0.15, 0.2) is 30.5 Å². The smallest absolute Gasteiger partial charge is 0.152 e. The number of methoxy groups -OCH3 is 1. The van der Waals surface area contributed by atoms with Crippen LogP contribution < -0.4 is 10.1 Å². The topological polar surface area (TPSA) is 34.1 Å². The molecule has 0 saturated heterocycles. The van der Waals surface area contributed by atoms with E-state index in [0.29, 0.717) is 5.15 Å². The van der Waals surface area contributed by atoms with Crippen molar-refractivity contribution in [1.82, 2.24) is 4.98 Å². The fourth-order valence-electron chi connectivity index (χ4n) is 2.70. The molecule has 3 rings (SSSR count). The number of aromatic nitrogens is 1. The number of fused-ring (bicyclic) bond motifs is 1. The molecule has 1 aliphatic rings. The van der Waals surface area contributed by atoms with Crippen molar-refractivity contribution in [2.75, 3.05) is 12.4 Å². The lowest BCUT2D eigenvalue weighted by Gasteiger charge is -2.17. The molecule has 0 bridgehead atoms. The number of halogens is 1. The van der Waals surface area contributed by atoms with Crippen LogP contribution in [-0.4, -0.2) is 12.1 Å². The zero-order chi connectivity index (χ0) is 14.1. The standard InChI is InChI=1S/C16H17ClN2O/c1-10-7-15(16(17)18-9-10)19-14-6-4-11-3-5-12(20-2)8-13(11)14/h3,5,7-9,14,19H,4,6H2,1-2H3. The molecule has 1 N–H and O–H groups in total. The number of rotatable bonds is 3. The van der Waals surface area contributed by atoms with Gasteiger partial charge in [0, 0.05) is 6.20 Å². The van der Waals surface area contributed by atoms with Gasteiger partial charge in [0.1, 0.15) is 5.75 Å². The van der Waals surface area contributed by atoms with Crippen molar-refractivity contribution in [3.63, 3.8) is 0 Å². The van der Waals surface area contributed by atoms with E-state index in [4.69, 9.17) is 16.3 Å². The minimum atomic E-state index is 0.265. The third kappa shape index (κ3) is 2.46. The number of pyridine rings is 1. The highest BCUT2D eigenvalue weighted by molar-refractivity contribution is 6.32. The Labute approximate surface area is 123 Å². The summed E-state index contributed by atoms with van der Waals surface area (Å²) in [5.74, 6) is 0.894. The Hall–Kier alpha value is -1.74. The minimum Gasteiger partial charge on any atom is -0.497 e. The number of nitrogens with one attached hydrogen (secondary N) is 1. The van der Waals surface area contributed by atoms with Gasteiger partial charge >= 0.3 is 0 Å². The molecule has 4 heteroatoms. The predicted octanol–water partition coefficient (Wildman–Crippen LogP) is 4.15. The number of aryl methyl sites for hydroxylation is 2. The number of ether oxygens (including phenoxy) is 1. The highest BCUT2D eigenvalue weighted by atomic mass is 35.5. The van der Waals surface area contributed by atoms with Gasteiger partial charge in [-0.05, 0) is 54.7 Å². The first-order valence-electron chi connectivity index (χ1n) is 6.73. The number of nitrogens with zero attached hydrogens (tertiary/aromatic N) is 1. The van der Waals surface area contributed by atoms with E-state index in [1.807, 2.05) is 19.1 Å². The van der Waals surface area contributed by atoms with E-state index < -0.39 is 0 Å². The molecular formula is C16H17ClN2O. The maximum Gasteiger partial charge on any atom is 0.152 e. The molecule has 20 heavy (non-hydrogen) atoms. The van der Waals surface area contributed by atoms with Gasteiger partial charge in [-0.15, -0.1) is 0 Å². The third-order valence-corrected chi connectivity index (χ3v) is 4.04. The average molecular weight is 289 g/mol. The van der Waals surface area contributed by atoms with Crippen LogP contribution in [0.1, 0.15) is 29.2 Å². The highest BCUT2D eigenvalue weighted by Gasteiger charge is 2.23. The molecule has 1 aliphatic carbocycles. The molecule has 0 aliphatic heterocycles. The molecule has 1 unspecified atom stereocenters. The van der Waals surface area contributed by atoms with Gasteiger partial charge in [-0.3, -0.25) is 0 Å². The Balaban J connectivity index is 1.89. The Morgan fingerprint density at radius 1 is 1.35 bits per heavy atom. The molecule has 0 fully saturated rings. The average Bonchev–Trinajstić information content (AvgIpc) is 2.85. The predicted molar refractivity (Wildman–Crippen MR) is 81.7 cm³/mol. The van der Waals surface area contributed by atoms with E-state index in [-0.39, 0.29) is 6.04 Å². The van der Waals surface area contributed by atoms with E-state index >= 15 is 0 Å². The van der Waals surface area contributed by atoms with Gasteiger partial charge in [0.25, 0.3) is 0 Å². The van der Waals surface area contributed by atoms with Crippen LogP contribution in [0.5, 0.6) is 5.75 Å². The Morgan fingerprint density at radius 3 is 3.00 bits per heavy atom. The molecule has 2 aromatic rings. The second-order valence-electron chi connectivity index (χ2n) is 5.15. The summed E-state index contributed by atoms with van der Waals surface area (Å²) >= 11 is 6.16. The van der Waals surface area contributed by atoms with Crippen LogP contribution in [0, 0.1) is 6.92 Å². The molecule has 0 saturated carbocycles. The fraction of sp³-hybridized carbons (Fsp3) is 0.312. The van der Waals surface area contributed by atoms with Crippen LogP contribution >= 0.6 is 11.6 Å². The number of benzene rings is 1. The van der Waals surface area contributed by atoms with Crippen molar-refractivity contribution in [1.29, 1.82) is 0 Å². The van der Waals surface area contributed by atoms with Crippen LogP contribution in [-0.2, 0) is 6.42 Å². The SMILES string of the molecule is COc1ccc2c(c1)C(Nc1cc(C)cnc1Cl)CC2. The summed E-state index contributed by atoms with van der Waals surface area (Å²) in [5, 5.41) is 4.03. The van der Waals surface area contributed by atoms with Gasteiger partial charge < -0.3 is 10.1 Å². The van der Waals surface area contributed by atoms with E-state index in [1.165, 1.54) is 11.1 Å². The lowest BCUT2D eigenvalue weighted by atomic mass is 10.1. The summed E-state index contributed by atoms with van der Waals surface area (Å²) in [4.78, 5) is 4.19. The Kier molecular flexibility index (Phi) is 3.53. The third-order valence-electron chi connectivity index (χ3n) is 3.74. The highest BCUT2D eigenvalue weighted by Crippen LogP contribution is 2.37. The molecule has 1 atom stereocenters. The Bertz CT molecular complexity index is 642. The molecule has 1 aromatic carbocycles. The molecule has 0 amide bonds. The zero-order valence-corrected chi connectivity index (χ0v) is 12.4.